The summed E-state index contributed by atoms with van der Waals surface area (Å²) in [5.41, 5.74) is 8.03. The number of hydrogen-bond acceptors (Lipinski definition) is 5. The van der Waals surface area contributed by atoms with Crippen molar-refractivity contribution in [2.45, 2.75) is 51.0 Å². The number of rotatable bonds is 2. The minimum absolute atomic E-state index is 0.456. The van der Waals surface area contributed by atoms with Gasteiger partial charge in [-0.25, -0.2) is 0 Å². The summed E-state index contributed by atoms with van der Waals surface area (Å²) >= 11 is 0. The first-order chi connectivity index (χ1) is 9.69. The second-order valence-corrected chi connectivity index (χ2v) is 5.68. The van der Waals surface area contributed by atoms with Gasteiger partial charge in [0.25, 0.3) is 0 Å². The molecule has 0 aliphatic heterocycles. The lowest BCUT2D eigenvalue weighted by Gasteiger charge is -2.22. The lowest BCUT2D eigenvalue weighted by molar-refractivity contribution is 0.257. The van der Waals surface area contributed by atoms with Gasteiger partial charge in [0.05, 0.1) is 5.54 Å². The lowest BCUT2D eigenvalue weighted by atomic mass is 9.91. The Balaban J connectivity index is 1.92. The summed E-state index contributed by atoms with van der Waals surface area (Å²) in [6.45, 7) is 1.99. The summed E-state index contributed by atoms with van der Waals surface area (Å²) in [7, 11) is 0. The minimum Gasteiger partial charge on any atom is -0.337 e. The number of nitrogens with two attached hydrogens (primary N) is 1. The molecule has 0 spiro atoms. The second kappa shape index (κ2) is 5.32. The van der Waals surface area contributed by atoms with E-state index in [1.54, 1.807) is 12.4 Å². The molecule has 0 radical (unpaired) electrons. The number of nitrogens with zero attached hydrogens (tertiary/aromatic N) is 3. The zero-order chi connectivity index (χ0) is 14.0. The van der Waals surface area contributed by atoms with Gasteiger partial charge in [0.1, 0.15) is 0 Å². The Morgan fingerprint density at radius 1 is 1.20 bits per heavy atom. The van der Waals surface area contributed by atoms with Crippen LogP contribution in [0.3, 0.4) is 0 Å². The van der Waals surface area contributed by atoms with Crippen LogP contribution in [0.25, 0.3) is 11.4 Å². The van der Waals surface area contributed by atoms with Crippen LogP contribution < -0.4 is 5.73 Å². The molecule has 0 aromatic carbocycles. The molecule has 0 unspecified atom stereocenters. The standard InChI is InChI=1S/C15H20N4O/c1-11-10-17-9-6-12(11)13-18-14(20-19-13)15(16)7-4-2-3-5-8-15/h6,9-10H,2-5,7-8,16H2,1H3. The number of pyridine rings is 1. The number of aryl methyl sites for hydroxylation is 1. The molecule has 1 aliphatic carbocycles. The van der Waals surface area contributed by atoms with Crippen LogP contribution in [0.1, 0.15) is 50.0 Å². The van der Waals surface area contributed by atoms with Crippen molar-refractivity contribution in [3.05, 3.63) is 29.9 Å². The Bertz CT molecular complexity index is 585. The maximum absolute atomic E-state index is 6.50. The normalized spacial score (nSPS) is 18.7. The zero-order valence-corrected chi connectivity index (χ0v) is 11.8. The summed E-state index contributed by atoms with van der Waals surface area (Å²) in [6.07, 6.45) is 10.1. The highest BCUT2D eigenvalue weighted by Gasteiger charge is 2.34. The Morgan fingerprint density at radius 2 is 1.95 bits per heavy atom. The van der Waals surface area contributed by atoms with Crippen LogP contribution in [0.4, 0.5) is 0 Å². The average molecular weight is 272 g/mol. The summed E-state index contributed by atoms with van der Waals surface area (Å²) in [6, 6.07) is 1.90. The Hall–Kier alpha value is -1.75. The maximum atomic E-state index is 6.50. The Labute approximate surface area is 118 Å². The van der Waals surface area contributed by atoms with Crippen molar-refractivity contribution in [3.8, 4) is 11.4 Å². The van der Waals surface area contributed by atoms with Crippen molar-refractivity contribution >= 4 is 0 Å². The van der Waals surface area contributed by atoms with Crippen molar-refractivity contribution in [2.75, 3.05) is 0 Å². The lowest BCUT2D eigenvalue weighted by Crippen LogP contribution is -2.36. The SMILES string of the molecule is Cc1cnccc1-c1noc(C2(N)CCCCCC2)n1. The molecule has 1 fully saturated rings. The van der Waals surface area contributed by atoms with Crippen molar-refractivity contribution in [1.82, 2.24) is 15.1 Å². The molecule has 0 atom stereocenters. The van der Waals surface area contributed by atoms with E-state index < -0.39 is 5.54 Å². The average Bonchev–Trinajstić information content (AvgIpc) is 2.84. The van der Waals surface area contributed by atoms with Crippen molar-refractivity contribution in [3.63, 3.8) is 0 Å². The van der Waals surface area contributed by atoms with E-state index in [1.165, 1.54) is 12.8 Å². The van der Waals surface area contributed by atoms with Gasteiger partial charge in [-0.2, -0.15) is 4.98 Å². The number of hydrogen-bond donors (Lipinski definition) is 1. The van der Waals surface area contributed by atoms with Gasteiger partial charge in [0.2, 0.25) is 11.7 Å². The molecule has 20 heavy (non-hydrogen) atoms. The molecule has 2 aromatic rings. The molecule has 0 saturated heterocycles. The van der Waals surface area contributed by atoms with Gasteiger partial charge in [-0.05, 0) is 31.4 Å². The highest BCUT2D eigenvalue weighted by Crippen LogP contribution is 2.33. The minimum atomic E-state index is -0.456. The van der Waals surface area contributed by atoms with E-state index in [2.05, 4.69) is 15.1 Å². The van der Waals surface area contributed by atoms with Gasteiger partial charge < -0.3 is 10.3 Å². The third-order valence-electron chi connectivity index (χ3n) is 4.11. The van der Waals surface area contributed by atoms with Crippen molar-refractivity contribution < 1.29 is 4.52 Å². The van der Waals surface area contributed by atoms with E-state index in [-0.39, 0.29) is 0 Å². The predicted octanol–water partition coefficient (Wildman–Crippen LogP) is 2.95. The van der Waals surface area contributed by atoms with Gasteiger partial charge in [-0.3, -0.25) is 4.98 Å². The molecule has 0 bridgehead atoms. The largest absolute Gasteiger partial charge is 0.337 e. The predicted molar refractivity (Wildman–Crippen MR) is 75.8 cm³/mol. The maximum Gasteiger partial charge on any atom is 0.247 e. The first kappa shape index (κ1) is 13.2. The van der Waals surface area contributed by atoms with E-state index in [9.17, 15) is 0 Å². The van der Waals surface area contributed by atoms with E-state index in [4.69, 9.17) is 10.3 Å². The molecule has 0 amide bonds. The Morgan fingerprint density at radius 3 is 2.65 bits per heavy atom. The molecule has 2 heterocycles. The fraction of sp³-hybridized carbons (Fsp3) is 0.533. The smallest absolute Gasteiger partial charge is 0.247 e. The number of aromatic nitrogens is 3. The molecule has 106 valence electrons. The molecular formula is C15H20N4O. The summed E-state index contributed by atoms with van der Waals surface area (Å²) in [4.78, 5) is 8.63. The molecule has 5 heteroatoms. The fourth-order valence-corrected chi connectivity index (χ4v) is 2.83. The van der Waals surface area contributed by atoms with E-state index >= 15 is 0 Å². The molecule has 3 rings (SSSR count). The van der Waals surface area contributed by atoms with Gasteiger partial charge in [0.15, 0.2) is 0 Å². The van der Waals surface area contributed by atoms with Gasteiger partial charge >= 0.3 is 0 Å². The first-order valence-corrected chi connectivity index (χ1v) is 7.23. The molecule has 1 saturated carbocycles. The van der Waals surface area contributed by atoms with E-state index in [0.717, 1.165) is 36.8 Å². The quantitative estimate of drug-likeness (QED) is 0.850. The third kappa shape index (κ3) is 2.45. The van der Waals surface area contributed by atoms with Crippen LogP contribution in [0.5, 0.6) is 0 Å². The van der Waals surface area contributed by atoms with Gasteiger partial charge in [-0.1, -0.05) is 30.8 Å². The molecular weight excluding hydrogens is 252 g/mol. The van der Waals surface area contributed by atoms with Crippen LogP contribution in [-0.4, -0.2) is 15.1 Å². The van der Waals surface area contributed by atoms with E-state index in [0.29, 0.717) is 11.7 Å². The summed E-state index contributed by atoms with van der Waals surface area (Å²) < 4.78 is 5.47. The first-order valence-electron chi connectivity index (χ1n) is 7.23. The summed E-state index contributed by atoms with van der Waals surface area (Å²) in [5.74, 6) is 1.18. The molecule has 5 nitrogen and oxygen atoms in total. The monoisotopic (exact) mass is 272 g/mol. The zero-order valence-electron chi connectivity index (χ0n) is 11.8. The topological polar surface area (TPSA) is 77.8 Å². The highest BCUT2D eigenvalue weighted by atomic mass is 16.5. The van der Waals surface area contributed by atoms with Gasteiger partial charge in [0, 0.05) is 18.0 Å². The van der Waals surface area contributed by atoms with Crippen LogP contribution in [0.2, 0.25) is 0 Å². The fourth-order valence-electron chi connectivity index (χ4n) is 2.83. The van der Waals surface area contributed by atoms with Crippen molar-refractivity contribution in [2.24, 2.45) is 5.73 Å². The van der Waals surface area contributed by atoms with Crippen LogP contribution in [-0.2, 0) is 5.54 Å². The van der Waals surface area contributed by atoms with Crippen LogP contribution in [0.15, 0.2) is 23.0 Å². The van der Waals surface area contributed by atoms with Crippen LogP contribution in [0, 0.1) is 6.92 Å². The third-order valence-corrected chi connectivity index (χ3v) is 4.11. The van der Waals surface area contributed by atoms with Crippen molar-refractivity contribution in [1.29, 1.82) is 0 Å². The molecule has 2 N–H and O–H groups in total. The summed E-state index contributed by atoms with van der Waals surface area (Å²) in [5, 5.41) is 4.10. The van der Waals surface area contributed by atoms with E-state index in [1.807, 2.05) is 13.0 Å². The molecule has 1 aliphatic rings. The highest BCUT2D eigenvalue weighted by molar-refractivity contribution is 5.58. The second-order valence-electron chi connectivity index (χ2n) is 5.68. The molecule has 2 aromatic heterocycles. The van der Waals surface area contributed by atoms with Gasteiger partial charge in [-0.15, -0.1) is 0 Å². The Kier molecular flexibility index (Phi) is 3.53. The van der Waals surface area contributed by atoms with Crippen LogP contribution >= 0.6 is 0 Å².